The van der Waals surface area contributed by atoms with Crippen LogP contribution in [0.25, 0.3) is 10.9 Å². The van der Waals surface area contributed by atoms with Crippen molar-refractivity contribution in [3.05, 3.63) is 54.0 Å². The topological polar surface area (TPSA) is 80.0 Å². The molecule has 2 aromatic heterocycles. The number of benzene rings is 1. The summed E-state index contributed by atoms with van der Waals surface area (Å²) in [6, 6.07) is 4.36. The van der Waals surface area contributed by atoms with Gasteiger partial charge < -0.3 is 15.0 Å². The number of aryl methyl sites for hydroxylation is 2. The molecule has 3 rings (SSSR count). The Morgan fingerprint density at radius 1 is 1.40 bits per heavy atom. The molecule has 0 aliphatic heterocycles. The van der Waals surface area contributed by atoms with Crippen molar-refractivity contribution < 1.29 is 14.3 Å². The molecule has 0 atom stereocenters. The molecule has 3 aromatic rings. The van der Waals surface area contributed by atoms with Gasteiger partial charge in [-0.2, -0.15) is 0 Å². The van der Waals surface area contributed by atoms with Crippen molar-refractivity contribution in [2.75, 3.05) is 11.9 Å². The Labute approximate surface area is 144 Å². The normalized spacial score (nSPS) is 11.0. The van der Waals surface area contributed by atoms with Crippen molar-refractivity contribution in [2.24, 2.45) is 0 Å². The summed E-state index contributed by atoms with van der Waals surface area (Å²) in [6.07, 6.45) is 6.02. The molecule has 0 bridgehead atoms. The number of aromatic nitrogens is 3. The molecule has 0 saturated carbocycles. The van der Waals surface area contributed by atoms with E-state index in [0.29, 0.717) is 34.4 Å². The van der Waals surface area contributed by atoms with Gasteiger partial charge in [-0.25, -0.2) is 9.37 Å². The van der Waals surface area contributed by atoms with Crippen LogP contribution in [0.2, 0.25) is 0 Å². The largest absolute Gasteiger partial charge is 0.481 e. The highest BCUT2D eigenvalue weighted by molar-refractivity contribution is 5.94. The lowest BCUT2D eigenvalue weighted by molar-refractivity contribution is -0.136. The Hall–Kier alpha value is -2.96. The van der Waals surface area contributed by atoms with Gasteiger partial charge in [0, 0.05) is 47.8 Å². The van der Waals surface area contributed by atoms with Gasteiger partial charge in [-0.05, 0) is 31.5 Å². The predicted octanol–water partition coefficient (Wildman–Crippen LogP) is 3.01. The summed E-state index contributed by atoms with van der Waals surface area (Å²) in [5.74, 6) is -1.32. The molecular weight excluding hydrogens is 323 g/mol. The Morgan fingerprint density at radius 2 is 2.24 bits per heavy atom. The van der Waals surface area contributed by atoms with Gasteiger partial charge in [0.1, 0.15) is 5.82 Å². The van der Waals surface area contributed by atoms with Crippen LogP contribution >= 0.6 is 0 Å². The predicted molar refractivity (Wildman–Crippen MR) is 93.1 cm³/mol. The lowest BCUT2D eigenvalue weighted by atomic mass is 10.0. The number of imidazole rings is 1. The minimum absolute atomic E-state index is 0.158. The Balaban J connectivity index is 1.88. The first kappa shape index (κ1) is 16.9. The Kier molecular flexibility index (Phi) is 4.92. The second kappa shape index (κ2) is 7.29. The molecule has 0 saturated heterocycles. The van der Waals surface area contributed by atoms with Gasteiger partial charge in [0.2, 0.25) is 0 Å². The van der Waals surface area contributed by atoms with E-state index in [4.69, 9.17) is 0 Å². The summed E-state index contributed by atoms with van der Waals surface area (Å²) < 4.78 is 15.7. The van der Waals surface area contributed by atoms with Crippen LogP contribution in [0.15, 0.2) is 36.9 Å². The third-order valence-electron chi connectivity index (χ3n) is 4.04. The standard InChI is InChI=1S/C18H19FN4O2/c1-12-14(10-17(24)25)18(15-9-13(19)3-4-16(15)22-12)21-5-2-7-23-8-6-20-11-23/h3-4,6,8-9,11H,2,5,7,10H2,1H3,(H,21,22)(H,24,25). The zero-order valence-electron chi connectivity index (χ0n) is 13.9. The van der Waals surface area contributed by atoms with Crippen molar-refractivity contribution >= 4 is 22.6 Å². The first-order valence-electron chi connectivity index (χ1n) is 8.04. The number of carboxylic acid groups (broad SMARTS) is 1. The van der Waals surface area contributed by atoms with E-state index in [-0.39, 0.29) is 12.2 Å². The SMILES string of the molecule is Cc1nc2ccc(F)cc2c(NCCCn2ccnc2)c1CC(=O)O. The molecule has 25 heavy (non-hydrogen) atoms. The number of anilines is 1. The van der Waals surface area contributed by atoms with Crippen LogP contribution in [0, 0.1) is 12.7 Å². The third-order valence-corrected chi connectivity index (χ3v) is 4.04. The second-order valence-corrected chi connectivity index (χ2v) is 5.86. The molecule has 7 heteroatoms. The number of carbonyl (C=O) groups is 1. The Bertz CT molecular complexity index is 894. The highest BCUT2D eigenvalue weighted by Crippen LogP contribution is 2.29. The third kappa shape index (κ3) is 3.93. The average molecular weight is 342 g/mol. The van der Waals surface area contributed by atoms with Crippen LogP contribution < -0.4 is 5.32 Å². The molecule has 0 unspecified atom stereocenters. The summed E-state index contributed by atoms with van der Waals surface area (Å²) in [5.41, 5.74) is 2.52. The molecule has 1 aromatic carbocycles. The number of nitrogens with zero attached hydrogens (tertiary/aromatic N) is 3. The van der Waals surface area contributed by atoms with Crippen molar-refractivity contribution in [3.8, 4) is 0 Å². The number of nitrogens with one attached hydrogen (secondary N) is 1. The molecule has 0 amide bonds. The lowest BCUT2D eigenvalue weighted by Crippen LogP contribution is -2.12. The van der Waals surface area contributed by atoms with Gasteiger partial charge in [-0.3, -0.25) is 9.78 Å². The average Bonchev–Trinajstić information content (AvgIpc) is 3.07. The number of rotatable bonds is 7. The van der Waals surface area contributed by atoms with Crippen LogP contribution in [-0.4, -0.2) is 32.2 Å². The number of aliphatic carboxylic acids is 1. The molecule has 0 aliphatic rings. The van der Waals surface area contributed by atoms with Crippen LogP contribution in [0.3, 0.4) is 0 Å². The van der Waals surface area contributed by atoms with E-state index < -0.39 is 5.97 Å². The fourth-order valence-corrected chi connectivity index (χ4v) is 2.86. The number of hydrogen-bond donors (Lipinski definition) is 2. The smallest absolute Gasteiger partial charge is 0.307 e. The summed E-state index contributed by atoms with van der Waals surface area (Å²) in [7, 11) is 0. The van der Waals surface area contributed by atoms with Gasteiger partial charge in [-0.15, -0.1) is 0 Å². The minimum atomic E-state index is -0.942. The summed E-state index contributed by atoms with van der Waals surface area (Å²) in [5, 5.41) is 13.1. The number of pyridine rings is 1. The van der Waals surface area contributed by atoms with Crippen LogP contribution in [0.4, 0.5) is 10.1 Å². The van der Waals surface area contributed by atoms with E-state index in [0.717, 1.165) is 13.0 Å². The second-order valence-electron chi connectivity index (χ2n) is 5.86. The van der Waals surface area contributed by atoms with E-state index in [1.54, 1.807) is 25.5 Å². The number of fused-ring (bicyclic) bond motifs is 1. The summed E-state index contributed by atoms with van der Waals surface area (Å²) >= 11 is 0. The highest BCUT2D eigenvalue weighted by Gasteiger charge is 2.15. The first-order chi connectivity index (χ1) is 12.0. The molecule has 2 N–H and O–H groups in total. The van der Waals surface area contributed by atoms with Gasteiger partial charge in [-0.1, -0.05) is 0 Å². The molecule has 130 valence electrons. The number of halogens is 1. The van der Waals surface area contributed by atoms with E-state index in [1.165, 1.54) is 12.1 Å². The number of carboxylic acids is 1. The molecule has 2 heterocycles. The van der Waals surface area contributed by atoms with Crippen LogP contribution in [-0.2, 0) is 17.8 Å². The molecule has 0 radical (unpaired) electrons. The minimum Gasteiger partial charge on any atom is -0.481 e. The van der Waals surface area contributed by atoms with Crippen molar-refractivity contribution in [3.63, 3.8) is 0 Å². The van der Waals surface area contributed by atoms with Crippen LogP contribution in [0.1, 0.15) is 17.7 Å². The van der Waals surface area contributed by atoms with E-state index in [1.807, 2.05) is 10.8 Å². The molecule has 0 spiro atoms. The maximum Gasteiger partial charge on any atom is 0.307 e. The summed E-state index contributed by atoms with van der Waals surface area (Å²) in [4.78, 5) is 19.6. The molecule has 0 aliphatic carbocycles. The molecular formula is C18H19FN4O2. The zero-order chi connectivity index (χ0) is 17.8. The molecule has 0 fully saturated rings. The fourth-order valence-electron chi connectivity index (χ4n) is 2.86. The monoisotopic (exact) mass is 342 g/mol. The highest BCUT2D eigenvalue weighted by atomic mass is 19.1. The maximum atomic E-state index is 13.7. The fraction of sp³-hybridized carbons (Fsp3) is 0.278. The number of hydrogen-bond acceptors (Lipinski definition) is 4. The van der Waals surface area contributed by atoms with Crippen LogP contribution in [0.5, 0.6) is 0 Å². The van der Waals surface area contributed by atoms with Gasteiger partial charge >= 0.3 is 5.97 Å². The van der Waals surface area contributed by atoms with Crippen molar-refractivity contribution in [1.82, 2.24) is 14.5 Å². The first-order valence-corrected chi connectivity index (χ1v) is 8.04. The maximum absolute atomic E-state index is 13.7. The van der Waals surface area contributed by atoms with E-state index in [9.17, 15) is 14.3 Å². The van der Waals surface area contributed by atoms with Gasteiger partial charge in [0.15, 0.2) is 0 Å². The van der Waals surface area contributed by atoms with E-state index in [2.05, 4.69) is 15.3 Å². The zero-order valence-corrected chi connectivity index (χ0v) is 13.9. The van der Waals surface area contributed by atoms with E-state index >= 15 is 0 Å². The summed E-state index contributed by atoms with van der Waals surface area (Å²) in [6.45, 7) is 3.19. The molecule has 6 nitrogen and oxygen atoms in total. The van der Waals surface area contributed by atoms with Crippen molar-refractivity contribution in [2.45, 2.75) is 26.3 Å². The lowest BCUT2D eigenvalue weighted by Gasteiger charge is -2.16. The Morgan fingerprint density at radius 3 is 2.96 bits per heavy atom. The van der Waals surface area contributed by atoms with Gasteiger partial charge in [0.25, 0.3) is 0 Å². The quantitative estimate of drug-likeness (QED) is 0.645. The van der Waals surface area contributed by atoms with Crippen molar-refractivity contribution in [1.29, 1.82) is 0 Å². The van der Waals surface area contributed by atoms with Gasteiger partial charge in [0.05, 0.1) is 18.3 Å².